The molecule has 0 aliphatic heterocycles. The van der Waals surface area contributed by atoms with Gasteiger partial charge in [-0.05, 0) is 36.6 Å². The van der Waals surface area contributed by atoms with Crippen molar-refractivity contribution in [2.45, 2.75) is 5.03 Å². The van der Waals surface area contributed by atoms with E-state index in [0.717, 1.165) is 0 Å². The molecule has 2 aromatic rings. The predicted octanol–water partition coefficient (Wildman–Crippen LogP) is 3.41. The van der Waals surface area contributed by atoms with Crippen LogP contribution in [-0.4, -0.2) is 42.0 Å². The molecule has 0 saturated heterocycles. The topological polar surface area (TPSA) is 62.3 Å². The summed E-state index contributed by atoms with van der Waals surface area (Å²) in [6.07, 6.45) is 3.48. The van der Waals surface area contributed by atoms with E-state index in [1.807, 2.05) is 6.26 Å². The highest BCUT2D eigenvalue weighted by Crippen LogP contribution is 2.25. The van der Waals surface area contributed by atoms with Crippen LogP contribution < -0.4 is 5.32 Å². The van der Waals surface area contributed by atoms with E-state index in [-0.39, 0.29) is 11.8 Å². The van der Waals surface area contributed by atoms with Crippen molar-refractivity contribution in [2.24, 2.45) is 0 Å². The summed E-state index contributed by atoms with van der Waals surface area (Å²) in [6, 6.07) is 8.17. The lowest BCUT2D eigenvalue weighted by atomic mass is 10.1. The van der Waals surface area contributed by atoms with Crippen LogP contribution in [0.3, 0.4) is 0 Å². The maximum atomic E-state index is 12.4. The number of amides is 2. The van der Waals surface area contributed by atoms with Crippen molar-refractivity contribution >= 4 is 40.9 Å². The number of rotatable bonds is 4. The van der Waals surface area contributed by atoms with Gasteiger partial charge in [0, 0.05) is 25.9 Å². The molecule has 1 aromatic heterocycles. The molecule has 2 amide bonds. The van der Waals surface area contributed by atoms with Crippen LogP contribution in [0.25, 0.3) is 0 Å². The number of benzene rings is 1. The Morgan fingerprint density at radius 3 is 2.65 bits per heavy atom. The molecular weight excluding hydrogens is 334 g/mol. The fourth-order valence-electron chi connectivity index (χ4n) is 1.93. The van der Waals surface area contributed by atoms with Crippen molar-refractivity contribution in [1.82, 2.24) is 9.88 Å². The van der Waals surface area contributed by atoms with Gasteiger partial charge in [0.1, 0.15) is 5.03 Å². The first-order valence-electron chi connectivity index (χ1n) is 6.75. The van der Waals surface area contributed by atoms with Gasteiger partial charge in [-0.3, -0.25) is 9.59 Å². The van der Waals surface area contributed by atoms with E-state index in [9.17, 15) is 9.59 Å². The quantitative estimate of drug-likeness (QED) is 0.859. The van der Waals surface area contributed by atoms with Crippen LogP contribution in [0.5, 0.6) is 0 Å². The standard InChI is InChI=1S/C16H16ClN3O2S/c1-20(2)16(22)10-6-7-12(17)13(9-10)19-14(21)11-5-4-8-18-15(11)23-3/h4-9H,1-3H3,(H,19,21). The predicted molar refractivity (Wildman–Crippen MR) is 93.4 cm³/mol. The fraction of sp³-hybridized carbons (Fsp3) is 0.188. The Hall–Kier alpha value is -2.05. The van der Waals surface area contributed by atoms with Gasteiger partial charge in [-0.2, -0.15) is 0 Å². The van der Waals surface area contributed by atoms with Gasteiger partial charge in [-0.1, -0.05) is 11.6 Å². The molecule has 0 aliphatic rings. The number of carbonyl (C=O) groups is 2. The van der Waals surface area contributed by atoms with Gasteiger partial charge in [0.25, 0.3) is 11.8 Å². The Balaban J connectivity index is 2.30. The number of carbonyl (C=O) groups excluding carboxylic acids is 2. The van der Waals surface area contributed by atoms with Crippen molar-refractivity contribution in [2.75, 3.05) is 25.7 Å². The summed E-state index contributed by atoms with van der Waals surface area (Å²) >= 11 is 7.51. The highest BCUT2D eigenvalue weighted by Gasteiger charge is 2.15. The third kappa shape index (κ3) is 4.03. The number of aromatic nitrogens is 1. The molecule has 7 heteroatoms. The van der Waals surface area contributed by atoms with Crippen molar-refractivity contribution in [3.63, 3.8) is 0 Å². The monoisotopic (exact) mass is 349 g/mol. The third-order valence-electron chi connectivity index (χ3n) is 3.08. The Kier molecular flexibility index (Phi) is 5.63. The average Bonchev–Trinajstić information content (AvgIpc) is 2.55. The summed E-state index contributed by atoms with van der Waals surface area (Å²) in [6.45, 7) is 0. The van der Waals surface area contributed by atoms with Gasteiger partial charge >= 0.3 is 0 Å². The van der Waals surface area contributed by atoms with Gasteiger partial charge in [-0.15, -0.1) is 11.8 Å². The minimum atomic E-state index is -0.321. The average molecular weight is 350 g/mol. The highest BCUT2D eigenvalue weighted by molar-refractivity contribution is 7.98. The van der Waals surface area contributed by atoms with E-state index < -0.39 is 0 Å². The van der Waals surface area contributed by atoms with Crippen molar-refractivity contribution < 1.29 is 9.59 Å². The molecule has 0 fully saturated rings. The summed E-state index contributed by atoms with van der Waals surface area (Å²) < 4.78 is 0. The summed E-state index contributed by atoms with van der Waals surface area (Å²) in [4.78, 5) is 30.1. The molecule has 0 saturated carbocycles. The lowest BCUT2D eigenvalue weighted by Gasteiger charge is -2.13. The number of halogens is 1. The van der Waals surface area contributed by atoms with Gasteiger partial charge < -0.3 is 10.2 Å². The van der Waals surface area contributed by atoms with Crippen molar-refractivity contribution in [1.29, 1.82) is 0 Å². The molecule has 1 heterocycles. The molecule has 0 aliphatic carbocycles. The van der Waals surface area contributed by atoms with Crippen LogP contribution in [-0.2, 0) is 0 Å². The van der Waals surface area contributed by atoms with Crippen LogP contribution >= 0.6 is 23.4 Å². The van der Waals surface area contributed by atoms with Crippen molar-refractivity contribution in [3.8, 4) is 0 Å². The summed E-state index contributed by atoms with van der Waals surface area (Å²) in [5, 5.41) is 3.73. The number of nitrogens with zero attached hydrogens (tertiary/aromatic N) is 2. The van der Waals surface area contributed by atoms with E-state index in [1.165, 1.54) is 16.7 Å². The first-order valence-corrected chi connectivity index (χ1v) is 8.36. The largest absolute Gasteiger partial charge is 0.345 e. The molecule has 5 nitrogen and oxygen atoms in total. The van der Waals surface area contributed by atoms with E-state index in [2.05, 4.69) is 10.3 Å². The Bertz CT molecular complexity index is 750. The van der Waals surface area contributed by atoms with Gasteiger partial charge in [0.15, 0.2) is 0 Å². The number of thioether (sulfide) groups is 1. The van der Waals surface area contributed by atoms with Gasteiger partial charge in [-0.25, -0.2) is 4.98 Å². The molecular formula is C16H16ClN3O2S. The summed E-state index contributed by atoms with van der Waals surface area (Å²) in [5.74, 6) is -0.484. The molecule has 2 rings (SSSR count). The minimum Gasteiger partial charge on any atom is -0.345 e. The minimum absolute atomic E-state index is 0.164. The van der Waals surface area contributed by atoms with Gasteiger partial charge in [0.05, 0.1) is 16.3 Å². The van der Waals surface area contributed by atoms with E-state index in [1.54, 1.807) is 50.6 Å². The molecule has 0 bridgehead atoms. The SMILES string of the molecule is CSc1ncccc1C(=O)Nc1cc(C(=O)N(C)C)ccc1Cl. The lowest BCUT2D eigenvalue weighted by Crippen LogP contribution is -2.22. The molecule has 23 heavy (non-hydrogen) atoms. The van der Waals surface area contributed by atoms with Gasteiger partial charge in [0.2, 0.25) is 0 Å². The molecule has 0 spiro atoms. The second-order valence-electron chi connectivity index (χ2n) is 4.91. The Labute approximate surface area is 144 Å². The molecule has 120 valence electrons. The second kappa shape index (κ2) is 7.48. The third-order valence-corrected chi connectivity index (χ3v) is 4.12. The number of anilines is 1. The van der Waals surface area contributed by atoms with Crippen LogP contribution in [0.1, 0.15) is 20.7 Å². The Morgan fingerprint density at radius 2 is 2.00 bits per heavy atom. The van der Waals surface area contributed by atoms with Crippen LogP contribution in [0.2, 0.25) is 5.02 Å². The first kappa shape index (κ1) is 17.3. The van der Waals surface area contributed by atoms with Crippen LogP contribution in [0.4, 0.5) is 5.69 Å². The maximum Gasteiger partial charge on any atom is 0.258 e. The van der Waals surface area contributed by atoms with E-state index >= 15 is 0 Å². The summed E-state index contributed by atoms with van der Waals surface area (Å²) in [5.41, 5.74) is 1.30. The highest BCUT2D eigenvalue weighted by atomic mass is 35.5. The first-order chi connectivity index (χ1) is 10.9. The number of hydrogen-bond acceptors (Lipinski definition) is 4. The second-order valence-corrected chi connectivity index (χ2v) is 6.11. The fourth-order valence-corrected chi connectivity index (χ4v) is 2.64. The normalized spacial score (nSPS) is 10.3. The zero-order valence-electron chi connectivity index (χ0n) is 13.0. The van der Waals surface area contributed by atoms with E-state index in [0.29, 0.717) is 26.9 Å². The lowest BCUT2D eigenvalue weighted by molar-refractivity contribution is 0.0827. The molecule has 0 unspecified atom stereocenters. The molecule has 1 aromatic carbocycles. The summed E-state index contributed by atoms with van der Waals surface area (Å²) in [7, 11) is 3.32. The van der Waals surface area contributed by atoms with Crippen molar-refractivity contribution in [3.05, 3.63) is 52.7 Å². The van der Waals surface area contributed by atoms with E-state index in [4.69, 9.17) is 11.6 Å². The molecule has 0 atom stereocenters. The zero-order valence-corrected chi connectivity index (χ0v) is 14.5. The Morgan fingerprint density at radius 1 is 1.26 bits per heavy atom. The zero-order chi connectivity index (χ0) is 17.0. The number of pyridine rings is 1. The molecule has 1 N–H and O–H groups in total. The maximum absolute atomic E-state index is 12.4. The van der Waals surface area contributed by atoms with Crippen LogP contribution in [0, 0.1) is 0 Å². The smallest absolute Gasteiger partial charge is 0.258 e. The van der Waals surface area contributed by atoms with Crippen LogP contribution in [0.15, 0.2) is 41.6 Å². The number of nitrogens with one attached hydrogen (secondary N) is 1. The molecule has 0 radical (unpaired) electrons. The number of hydrogen-bond donors (Lipinski definition) is 1.